The molecular formula is C28H24N2. The van der Waals surface area contributed by atoms with E-state index in [0.717, 1.165) is 24.0 Å². The number of hydrogen-bond acceptors (Lipinski definition) is 2. The van der Waals surface area contributed by atoms with Crippen molar-refractivity contribution < 1.29 is 0 Å². The minimum Gasteiger partial charge on any atom is -0.159 e. The highest BCUT2D eigenvalue weighted by atomic mass is 15.2. The molecule has 0 bridgehead atoms. The summed E-state index contributed by atoms with van der Waals surface area (Å²) in [7, 11) is 0. The zero-order valence-corrected chi connectivity index (χ0v) is 16.9. The van der Waals surface area contributed by atoms with Crippen LogP contribution in [0, 0.1) is 0 Å². The molecule has 4 rings (SSSR count). The van der Waals surface area contributed by atoms with Gasteiger partial charge in [0.25, 0.3) is 0 Å². The van der Waals surface area contributed by atoms with Crippen molar-refractivity contribution in [1.29, 1.82) is 0 Å². The summed E-state index contributed by atoms with van der Waals surface area (Å²) >= 11 is 0. The Kier molecular flexibility index (Phi) is 6.59. The highest BCUT2D eigenvalue weighted by molar-refractivity contribution is 5.85. The summed E-state index contributed by atoms with van der Waals surface area (Å²) in [6.45, 7) is 0. The van der Waals surface area contributed by atoms with Crippen LogP contribution in [0.2, 0.25) is 0 Å². The van der Waals surface area contributed by atoms with Crippen LogP contribution in [0.3, 0.4) is 0 Å². The molecular weight excluding hydrogens is 364 g/mol. The maximum Gasteiger partial charge on any atom is 0.0570 e. The highest BCUT2D eigenvalue weighted by Gasteiger charge is 2.02. The number of rotatable bonds is 7. The first kappa shape index (κ1) is 19.5. The number of hydrogen-bond donors (Lipinski definition) is 0. The predicted octanol–water partition coefficient (Wildman–Crippen LogP) is 6.32. The Labute approximate surface area is 178 Å². The van der Waals surface area contributed by atoms with Crippen molar-refractivity contribution in [1.82, 2.24) is 0 Å². The zero-order valence-electron chi connectivity index (χ0n) is 16.9. The first-order valence-corrected chi connectivity index (χ1v) is 10.2. The van der Waals surface area contributed by atoms with Gasteiger partial charge in [-0.05, 0) is 46.2 Å². The molecule has 0 radical (unpaired) electrons. The first-order chi connectivity index (χ1) is 14.9. The second-order valence-corrected chi connectivity index (χ2v) is 7.21. The van der Waals surface area contributed by atoms with Crippen molar-refractivity contribution in [2.45, 2.75) is 12.8 Å². The van der Waals surface area contributed by atoms with Gasteiger partial charge >= 0.3 is 0 Å². The Balaban J connectivity index is 1.48. The lowest BCUT2D eigenvalue weighted by molar-refractivity contribution is 1.17. The Hall–Kier alpha value is -3.78. The van der Waals surface area contributed by atoms with Gasteiger partial charge in [0.05, 0.1) is 12.4 Å². The summed E-state index contributed by atoms with van der Waals surface area (Å²) in [6, 6.07) is 37.6. The molecule has 0 fully saturated rings. The molecule has 0 heterocycles. The second kappa shape index (κ2) is 10.1. The SMILES string of the molecule is C(=N\N=C\c1ccccc1Cc1ccccc1)/c1ccccc1Cc1ccccc1. The third-order valence-electron chi connectivity index (χ3n) is 5.05. The molecule has 0 saturated carbocycles. The molecule has 0 N–H and O–H groups in total. The summed E-state index contributed by atoms with van der Waals surface area (Å²) in [6.07, 6.45) is 5.45. The van der Waals surface area contributed by atoms with Crippen molar-refractivity contribution in [3.05, 3.63) is 143 Å². The van der Waals surface area contributed by atoms with Crippen molar-refractivity contribution in [2.75, 3.05) is 0 Å². The summed E-state index contributed by atoms with van der Waals surface area (Å²) in [5, 5.41) is 8.66. The molecule has 146 valence electrons. The van der Waals surface area contributed by atoms with Gasteiger partial charge in [-0.25, -0.2) is 0 Å². The Morgan fingerprint density at radius 2 is 0.800 bits per heavy atom. The lowest BCUT2D eigenvalue weighted by Crippen LogP contribution is -1.95. The molecule has 4 aromatic carbocycles. The molecule has 0 amide bonds. The van der Waals surface area contributed by atoms with Crippen LogP contribution in [-0.2, 0) is 12.8 Å². The predicted molar refractivity (Wildman–Crippen MR) is 127 cm³/mol. The van der Waals surface area contributed by atoms with Crippen LogP contribution in [0.15, 0.2) is 119 Å². The molecule has 0 unspecified atom stereocenters. The van der Waals surface area contributed by atoms with E-state index in [0.29, 0.717) is 0 Å². The lowest BCUT2D eigenvalue weighted by Gasteiger charge is -2.06. The fourth-order valence-corrected chi connectivity index (χ4v) is 3.46. The smallest absolute Gasteiger partial charge is 0.0570 e. The fraction of sp³-hybridized carbons (Fsp3) is 0.0714. The van der Waals surface area contributed by atoms with Crippen molar-refractivity contribution in [3.8, 4) is 0 Å². The number of nitrogens with zero attached hydrogens (tertiary/aromatic N) is 2. The molecule has 2 nitrogen and oxygen atoms in total. The molecule has 4 aromatic rings. The van der Waals surface area contributed by atoms with Gasteiger partial charge in [0.1, 0.15) is 0 Å². The van der Waals surface area contributed by atoms with Crippen molar-refractivity contribution >= 4 is 12.4 Å². The van der Waals surface area contributed by atoms with Crippen LogP contribution in [-0.4, -0.2) is 12.4 Å². The van der Waals surface area contributed by atoms with E-state index in [-0.39, 0.29) is 0 Å². The van der Waals surface area contributed by atoms with E-state index in [1.165, 1.54) is 22.3 Å². The Morgan fingerprint density at radius 3 is 1.23 bits per heavy atom. The van der Waals surface area contributed by atoms with E-state index in [1.807, 2.05) is 36.7 Å². The van der Waals surface area contributed by atoms with Gasteiger partial charge in [-0.3, -0.25) is 0 Å². The summed E-state index contributed by atoms with van der Waals surface area (Å²) < 4.78 is 0. The van der Waals surface area contributed by atoms with E-state index in [9.17, 15) is 0 Å². The molecule has 30 heavy (non-hydrogen) atoms. The summed E-state index contributed by atoms with van der Waals surface area (Å²) in [5.41, 5.74) is 7.25. The van der Waals surface area contributed by atoms with Gasteiger partial charge in [0.15, 0.2) is 0 Å². The molecule has 0 atom stereocenters. The van der Waals surface area contributed by atoms with E-state index in [1.54, 1.807) is 0 Å². The minimum atomic E-state index is 0.882. The van der Waals surface area contributed by atoms with Gasteiger partial charge < -0.3 is 0 Å². The lowest BCUT2D eigenvalue weighted by atomic mass is 10.0. The summed E-state index contributed by atoms with van der Waals surface area (Å²) in [4.78, 5) is 0. The normalized spacial score (nSPS) is 11.3. The zero-order chi connectivity index (χ0) is 20.4. The largest absolute Gasteiger partial charge is 0.159 e. The second-order valence-electron chi connectivity index (χ2n) is 7.21. The molecule has 0 spiro atoms. The number of benzene rings is 4. The maximum absolute atomic E-state index is 4.33. The van der Waals surface area contributed by atoms with Gasteiger partial charge in [-0.2, -0.15) is 10.2 Å². The average Bonchev–Trinajstić information content (AvgIpc) is 2.80. The topological polar surface area (TPSA) is 24.7 Å². The van der Waals surface area contributed by atoms with Crippen LogP contribution in [0.4, 0.5) is 0 Å². The third-order valence-corrected chi connectivity index (χ3v) is 5.05. The van der Waals surface area contributed by atoms with E-state index in [2.05, 4.69) is 95.1 Å². The first-order valence-electron chi connectivity index (χ1n) is 10.2. The van der Waals surface area contributed by atoms with Crippen molar-refractivity contribution in [3.63, 3.8) is 0 Å². The minimum absolute atomic E-state index is 0.882. The Morgan fingerprint density at radius 1 is 0.433 bits per heavy atom. The standard InChI is InChI=1S/C28H24N2/c1-3-11-23(12-4-1)19-25-15-7-9-17-27(25)21-29-30-22-28-18-10-8-16-26(28)20-24-13-5-2-6-14-24/h1-18,21-22H,19-20H2/b29-21+,30-22+. The summed E-state index contributed by atoms with van der Waals surface area (Å²) in [5.74, 6) is 0. The van der Waals surface area contributed by atoms with E-state index >= 15 is 0 Å². The third kappa shape index (κ3) is 5.39. The van der Waals surface area contributed by atoms with Crippen molar-refractivity contribution in [2.24, 2.45) is 10.2 Å². The van der Waals surface area contributed by atoms with Gasteiger partial charge in [0, 0.05) is 0 Å². The Bertz CT molecular complexity index is 1040. The van der Waals surface area contributed by atoms with Gasteiger partial charge in [-0.1, -0.05) is 109 Å². The molecule has 0 aliphatic rings. The quantitative estimate of drug-likeness (QED) is 0.261. The van der Waals surface area contributed by atoms with Crippen LogP contribution in [0.25, 0.3) is 0 Å². The van der Waals surface area contributed by atoms with E-state index < -0.39 is 0 Å². The molecule has 2 heteroatoms. The van der Waals surface area contributed by atoms with Crippen LogP contribution >= 0.6 is 0 Å². The van der Waals surface area contributed by atoms with Crippen LogP contribution < -0.4 is 0 Å². The maximum atomic E-state index is 4.33. The van der Waals surface area contributed by atoms with E-state index in [4.69, 9.17) is 0 Å². The average molecular weight is 389 g/mol. The molecule has 0 aliphatic carbocycles. The molecule has 0 aliphatic heterocycles. The molecule has 0 aromatic heterocycles. The highest BCUT2D eigenvalue weighted by Crippen LogP contribution is 2.14. The fourth-order valence-electron chi connectivity index (χ4n) is 3.46. The monoisotopic (exact) mass is 388 g/mol. The van der Waals surface area contributed by atoms with Gasteiger partial charge in [-0.15, -0.1) is 0 Å². The van der Waals surface area contributed by atoms with Gasteiger partial charge in [0.2, 0.25) is 0 Å². The van der Waals surface area contributed by atoms with Crippen LogP contribution in [0.1, 0.15) is 33.4 Å². The molecule has 0 saturated heterocycles. The van der Waals surface area contributed by atoms with Crippen LogP contribution in [0.5, 0.6) is 0 Å².